The molecule has 0 bridgehead atoms. The second-order valence-corrected chi connectivity index (χ2v) is 23.0. The third-order valence-corrected chi connectivity index (χ3v) is 16.2. The third-order valence-electron chi connectivity index (χ3n) is 16.2. The number of aromatic nitrogens is 1. The van der Waals surface area contributed by atoms with E-state index in [2.05, 4.69) is 64.9 Å². The summed E-state index contributed by atoms with van der Waals surface area (Å²) in [5, 5.41) is 22.5. The van der Waals surface area contributed by atoms with Crippen molar-refractivity contribution in [3.63, 3.8) is 0 Å². The van der Waals surface area contributed by atoms with E-state index in [1.54, 1.807) is 36.4 Å². The van der Waals surface area contributed by atoms with Crippen molar-refractivity contribution in [2.45, 2.75) is 129 Å². The summed E-state index contributed by atoms with van der Waals surface area (Å²) < 4.78 is 10.5. The number of piperidine rings is 4. The number of hydrogen-bond donors (Lipinski definition) is 5. The highest BCUT2D eigenvalue weighted by molar-refractivity contribution is 5.96. The molecule has 16 nitrogen and oxygen atoms in total. The number of pyridine rings is 1. The number of phenols is 1. The first-order valence-electron chi connectivity index (χ1n) is 31.8. The minimum atomic E-state index is -0.112. The fraction of sp³-hybridized carbons (Fsp3) is 0.544. The van der Waals surface area contributed by atoms with E-state index in [-0.39, 0.29) is 36.2 Å². The van der Waals surface area contributed by atoms with Gasteiger partial charge in [0.25, 0.3) is 23.6 Å². The van der Waals surface area contributed by atoms with Gasteiger partial charge in [-0.2, -0.15) is 0 Å². The van der Waals surface area contributed by atoms with E-state index in [0.717, 1.165) is 93.3 Å². The van der Waals surface area contributed by atoms with Gasteiger partial charge >= 0.3 is 0 Å². The Bertz CT molecular complexity index is 2750. The van der Waals surface area contributed by atoms with Gasteiger partial charge in [-0.3, -0.25) is 19.2 Å². The Morgan fingerprint density at radius 1 is 0.476 bits per heavy atom. The number of carbonyl (C=O) groups excluding carboxylic acids is 4. The molecule has 0 aliphatic carbocycles. The number of carbonyl (C=O) groups is 4. The van der Waals surface area contributed by atoms with E-state index in [0.29, 0.717) is 48.0 Å². The topological polar surface area (TPSA) is 181 Å². The number of nitrogens with zero attached hydrogens (tertiary/aromatic N) is 5. The number of aromatic hydroxyl groups is 1. The van der Waals surface area contributed by atoms with E-state index in [1.807, 2.05) is 49.4 Å². The molecule has 0 spiro atoms. The van der Waals surface area contributed by atoms with E-state index < -0.39 is 0 Å². The number of para-hydroxylation sites is 1. The van der Waals surface area contributed by atoms with Crippen molar-refractivity contribution in [3.8, 4) is 17.2 Å². The highest BCUT2D eigenvalue weighted by Crippen LogP contribution is 2.32. The highest BCUT2D eigenvalue weighted by atomic mass is 16.7. The van der Waals surface area contributed by atoms with Crippen molar-refractivity contribution in [1.29, 1.82) is 0 Å². The van der Waals surface area contributed by atoms with Crippen LogP contribution in [0.15, 0.2) is 97.1 Å². The second-order valence-electron chi connectivity index (χ2n) is 23.0. The average molecular weight is 1150 g/mol. The van der Waals surface area contributed by atoms with Crippen LogP contribution >= 0.6 is 0 Å². The van der Waals surface area contributed by atoms with Crippen LogP contribution in [-0.2, 0) is 6.42 Å². The maximum atomic E-state index is 12.2. The smallest absolute Gasteiger partial charge is 0.269 e. The molecule has 5 aromatic rings. The number of nitrogens with one attached hydrogen (secondary N) is 4. The van der Waals surface area contributed by atoms with E-state index in [1.165, 1.54) is 141 Å². The molecule has 4 fully saturated rings. The summed E-state index contributed by atoms with van der Waals surface area (Å²) in [6.07, 6.45) is 22.2. The maximum Gasteiger partial charge on any atom is 0.269 e. The number of likely N-dealkylation sites (tertiary alicyclic amines) is 4. The first-order chi connectivity index (χ1) is 41.1. The average Bonchev–Trinajstić information content (AvgIpc) is 4.22. The predicted octanol–water partition coefficient (Wildman–Crippen LogP) is 10.4. The first kappa shape index (κ1) is 65.0. The van der Waals surface area contributed by atoms with Crippen LogP contribution in [0, 0.1) is 6.92 Å². The number of rotatable bonds is 22. The van der Waals surface area contributed by atoms with Gasteiger partial charge < -0.3 is 55.4 Å². The van der Waals surface area contributed by atoms with Crippen LogP contribution in [0.5, 0.6) is 17.2 Å². The summed E-state index contributed by atoms with van der Waals surface area (Å²) in [5.41, 5.74) is 5.36. The Morgan fingerprint density at radius 2 is 0.905 bits per heavy atom. The lowest BCUT2D eigenvalue weighted by Crippen LogP contribution is -2.33. The van der Waals surface area contributed by atoms with Crippen LogP contribution < -0.4 is 30.7 Å². The first-order valence-corrected chi connectivity index (χ1v) is 31.8. The Labute approximate surface area is 500 Å². The largest absolute Gasteiger partial charge is 0.508 e. The molecule has 4 aromatic carbocycles. The highest BCUT2D eigenvalue weighted by Gasteiger charge is 2.18. The molecule has 6 heterocycles. The fourth-order valence-corrected chi connectivity index (χ4v) is 11.2. The quantitative estimate of drug-likeness (QED) is 0.0415. The van der Waals surface area contributed by atoms with E-state index >= 15 is 0 Å². The Kier molecular flexibility index (Phi) is 28.6. The van der Waals surface area contributed by atoms with Crippen LogP contribution in [0.3, 0.4) is 0 Å². The number of phenolic OH excluding ortho intramolecular Hbond substituents is 1. The molecule has 4 saturated heterocycles. The molecule has 0 atom stereocenters. The van der Waals surface area contributed by atoms with Crippen molar-refractivity contribution >= 4 is 34.5 Å². The third kappa shape index (κ3) is 23.1. The molecular weight excluding hydrogens is 1050 g/mol. The molecule has 0 saturated carbocycles. The number of aryl methyl sites for hydroxylation is 2. The maximum absolute atomic E-state index is 12.2. The predicted molar refractivity (Wildman–Crippen MR) is 337 cm³/mol. The van der Waals surface area contributed by atoms with Gasteiger partial charge in [-0.25, -0.2) is 4.98 Å². The van der Waals surface area contributed by atoms with Crippen molar-refractivity contribution in [2.24, 2.45) is 0 Å². The summed E-state index contributed by atoms with van der Waals surface area (Å²) in [6, 6.07) is 29.9. The van der Waals surface area contributed by atoms with Crippen molar-refractivity contribution in [2.75, 3.05) is 112 Å². The molecule has 4 amide bonds. The number of amides is 4. The molecule has 5 aliphatic heterocycles. The second kappa shape index (κ2) is 37.0. The Morgan fingerprint density at radius 3 is 1.39 bits per heavy atom. The monoisotopic (exact) mass is 1150 g/mol. The summed E-state index contributed by atoms with van der Waals surface area (Å²) in [6.45, 7) is 21.1. The lowest BCUT2D eigenvalue weighted by atomic mass is 10.1. The zero-order valence-corrected chi connectivity index (χ0v) is 50.6. The summed E-state index contributed by atoms with van der Waals surface area (Å²) >= 11 is 0. The molecule has 10 rings (SSSR count). The number of hydrogen-bond acceptors (Lipinski definition) is 12. The minimum Gasteiger partial charge on any atom is -0.508 e. The number of fused-ring (bicyclic) bond motifs is 2. The zero-order valence-electron chi connectivity index (χ0n) is 50.6. The molecule has 16 heteroatoms. The molecule has 5 N–H and O–H groups in total. The number of benzene rings is 4. The van der Waals surface area contributed by atoms with E-state index in [9.17, 15) is 24.3 Å². The minimum absolute atomic E-state index is 0.0491. The van der Waals surface area contributed by atoms with Crippen molar-refractivity contribution in [1.82, 2.24) is 45.9 Å². The molecule has 0 radical (unpaired) electrons. The number of ether oxygens (including phenoxy) is 2. The molecule has 0 unspecified atom stereocenters. The van der Waals surface area contributed by atoms with Crippen LogP contribution in [0.4, 0.5) is 0 Å². The van der Waals surface area contributed by atoms with Crippen molar-refractivity contribution in [3.05, 3.63) is 131 Å². The SMILES string of the molecule is CCCc1ccc(C(=O)NCCCN2CCCCC2)cc1.Cc1ccc(C(=O)NCCCN2CCCCC2)cc1O.O=C(NCCCN1CCCCC1)c1ccc2c(c1)OCO2.O=C(NCCCN1CCCCC1)c1ccc2ccccc2n1. The van der Waals surface area contributed by atoms with Gasteiger partial charge in [0.1, 0.15) is 11.4 Å². The van der Waals surface area contributed by atoms with Crippen LogP contribution in [0.1, 0.15) is 169 Å². The van der Waals surface area contributed by atoms with Gasteiger partial charge in [0.15, 0.2) is 11.5 Å². The van der Waals surface area contributed by atoms with Crippen LogP contribution in [0.2, 0.25) is 0 Å². The Balaban J connectivity index is 0.000000161. The van der Waals surface area contributed by atoms with Gasteiger partial charge in [-0.15, -0.1) is 0 Å². The zero-order chi connectivity index (χ0) is 59.0. The van der Waals surface area contributed by atoms with Gasteiger partial charge in [-0.1, -0.05) is 81.5 Å². The molecule has 5 aliphatic rings. The molecule has 456 valence electrons. The molecule has 1 aromatic heterocycles. The van der Waals surface area contributed by atoms with Gasteiger partial charge in [0.05, 0.1) is 5.52 Å². The van der Waals surface area contributed by atoms with Crippen LogP contribution in [-0.4, -0.2) is 165 Å². The van der Waals surface area contributed by atoms with Gasteiger partial charge in [0.2, 0.25) is 6.79 Å². The summed E-state index contributed by atoms with van der Waals surface area (Å²) in [4.78, 5) is 62.6. The van der Waals surface area contributed by atoms with Crippen molar-refractivity contribution < 1.29 is 33.8 Å². The summed E-state index contributed by atoms with van der Waals surface area (Å²) in [5.74, 6) is 1.34. The fourth-order valence-electron chi connectivity index (χ4n) is 11.2. The molecule has 84 heavy (non-hydrogen) atoms. The lowest BCUT2D eigenvalue weighted by molar-refractivity contribution is 0.0939. The van der Waals surface area contributed by atoms with Gasteiger partial charge in [0, 0.05) is 48.3 Å². The Hall–Kier alpha value is -6.59. The van der Waals surface area contributed by atoms with Crippen LogP contribution in [0.25, 0.3) is 10.9 Å². The standard InChI is InChI=1S/C18H23N3O.C18H28N2O.C16H22N2O3.C16H24N2O2/c22-18(19-11-6-14-21-12-4-1-5-13-21)17-10-9-15-7-2-3-8-16(15)20-17;1-2-7-16-8-10-17(11-9-16)18(21)19-12-6-15-20-13-4-3-5-14-20;19-16(13-5-6-14-15(11-13)21-12-20-14)17-7-4-10-18-8-2-1-3-9-18;1-13-6-7-14(12-15(13)19)16(20)17-8-5-11-18-9-3-2-4-10-18/h2-3,7-10H,1,4-6,11-14H2,(H,19,22);8-11H,2-7,12-15H2,1H3,(H,19,21);5-6,11H,1-4,7-10,12H2,(H,17,19);6-7,12,19H,2-5,8-11H2,1H3,(H,17,20). The summed E-state index contributed by atoms with van der Waals surface area (Å²) in [7, 11) is 0. The van der Waals surface area contributed by atoms with E-state index in [4.69, 9.17) is 9.47 Å². The molecular formula is C68H97N9O7. The normalized spacial score (nSPS) is 16.4. The lowest BCUT2D eigenvalue weighted by Gasteiger charge is -2.26. The van der Waals surface area contributed by atoms with Gasteiger partial charge in [-0.05, 0) is 235 Å².